The van der Waals surface area contributed by atoms with Crippen LogP contribution in [0.25, 0.3) is 0 Å². The van der Waals surface area contributed by atoms with Gasteiger partial charge < -0.3 is 4.90 Å². The number of amides is 1. The third-order valence-electron chi connectivity index (χ3n) is 7.85. The molecule has 0 radical (unpaired) electrons. The first kappa shape index (κ1) is 27.3. The first-order chi connectivity index (χ1) is 19.0. The van der Waals surface area contributed by atoms with Crippen molar-refractivity contribution in [2.75, 3.05) is 31.1 Å². The Morgan fingerprint density at radius 2 is 1.21 bits per heavy atom. The predicted molar refractivity (Wildman–Crippen MR) is 157 cm³/mol. The Balaban J connectivity index is 0.000000186. The molecule has 3 heterocycles. The number of ketones is 1. The van der Waals surface area contributed by atoms with Gasteiger partial charge in [0.25, 0.3) is 5.91 Å². The quantitative estimate of drug-likeness (QED) is 0.420. The molecule has 6 rings (SSSR count). The smallest absolute Gasteiger partial charge is 0.273 e. The van der Waals surface area contributed by atoms with Crippen LogP contribution in [-0.4, -0.2) is 59.5 Å². The van der Waals surface area contributed by atoms with Crippen LogP contribution in [0.4, 0.5) is 5.69 Å². The third kappa shape index (κ3) is 6.82. The van der Waals surface area contributed by atoms with Crippen molar-refractivity contribution in [3.05, 3.63) is 101 Å². The van der Waals surface area contributed by atoms with Crippen molar-refractivity contribution in [2.24, 2.45) is 4.99 Å². The number of anilines is 1. The molecule has 3 aromatic rings. The second-order valence-electron chi connectivity index (χ2n) is 10.5. The van der Waals surface area contributed by atoms with Gasteiger partial charge in [0.1, 0.15) is 11.3 Å². The Hall–Kier alpha value is -3.32. The number of likely N-dealkylation sites (tertiary alicyclic amines) is 2. The normalized spacial score (nSPS) is 19.3. The summed E-state index contributed by atoms with van der Waals surface area (Å²) in [7, 11) is 0. The van der Waals surface area contributed by atoms with Gasteiger partial charge in [0, 0.05) is 62.8 Å². The maximum Gasteiger partial charge on any atom is 0.273 e. The third-order valence-corrected chi connectivity index (χ3v) is 8.10. The van der Waals surface area contributed by atoms with Crippen molar-refractivity contribution in [2.45, 2.75) is 44.3 Å². The Kier molecular flexibility index (Phi) is 8.87. The molecule has 202 valence electrons. The van der Waals surface area contributed by atoms with Gasteiger partial charge in [-0.05, 0) is 48.2 Å². The molecule has 3 aliphatic rings. The Bertz CT molecular complexity index is 1260. The van der Waals surface area contributed by atoms with Crippen molar-refractivity contribution in [1.82, 2.24) is 9.80 Å². The van der Waals surface area contributed by atoms with Gasteiger partial charge in [-0.3, -0.25) is 19.4 Å². The zero-order valence-corrected chi connectivity index (χ0v) is 23.0. The van der Waals surface area contributed by atoms with Crippen molar-refractivity contribution >= 4 is 35.3 Å². The molecule has 1 amide bonds. The zero-order chi connectivity index (χ0) is 27.1. The van der Waals surface area contributed by atoms with E-state index < -0.39 is 5.54 Å². The van der Waals surface area contributed by atoms with Gasteiger partial charge in [0.15, 0.2) is 0 Å². The average molecular weight is 543 g/mol. The van der Waals surface area contributed by atoms with E-state index in [1.807, 2.05) is 41.3 Å². The second kappa shape index (κ2) is 12.7. The fraction of sp³-hybridized carbons (Fsp3) is 0.344. The molecule has 0 aromatic heterocycles. The largest absolute Gasteiger partial charge is 0.317 e. The lowest BCUT2D eigenvalue weighted by atomic mass is 9.85. The molecule has 0 unspecified atom stereocenters. The lowest BCUT2D eigenvalue weighted by Gasteiger charge is -2.43. The van der Waals surface area contributed by atoms with Crippen LogP contribution in [0.1, 0.15) is 36.8 Å². The van der Waals surface area contributed by atoms with E-state index in [9.17, 15) is 9.59 Å². The SMILES string of the molecule is O=C1CCN(Cc2ccccc2)CC1.O=C1N=CN(c2ccc(Cl)cc2)C12CCN(Cc1ccccc1)CC2. The van der Waals surface area contributed by atoms with Crippen LogP contribution in [0.3, 0.4) is 0 Å². The van der Waals surface area contributed by atoms with E-state index in [0.717, 1.165) is 70.6 Å². The van der Waals surface area contributed by atoms with Crippen molar-refractivity contribution < 1.29 is 9.59 Å². The van der Waals surface area contributed by atoms with Gasteiger partial charge in [-0.15, -0.1) is 0 Å². The molecule has 0 aliphatic carbocycles. The minimum Gasteiger partial charge on any atom is -0.317 e. The molecule has 1 spiro atoms. The zero-order valence-electron chi connectivity index (χ0n) is 22.2. The van der Waals surface area contributed by atoms with Crippen LogP contribution in [-0.2, 0) is 22.7 Å². The number of nitrogens with zero attached hydrogens (tertiary/aromatic N) is 4. The highest BCUT2D eigenvalue weighted by atomic mass is 35.5. The molecular weight excluding hydrogens is 508 g/mol. The van der Waals surface area contributed by atoms with E-state index in [2.05, 4.69) is 63.3 Å². The highest BCUT2D eigenvalue weighted by Crippen LogP contribution is 2.37. The molecule has 2 fully saturated rings. The minimum absolute atomic E-state index is 0.0261. The summed E-state index contributed by atoms with van der Waals surface area (Å²) < 4.78 is 0. The number of benzene rings is 3. The van der Waals surface area contributed by atoms with E-state index >= 15 is 0 Å². The van der Waals surface area contributed by atoms with Crippen LogP contribution in [0.15, 0.2) is 89.9 Å². The molecule has 2 saturated heterocycles. The molecule has 0 atom stereocenters. The first-order valence-electron chi connectivity index (χ1n) is 13.7. The average Bonchev–Trinajstić information content (AvgIpc) is 3.28. The molecule has 39 heavy (non-hydrogen) atoms. The van der Waals surface area contributed by atoms with Gasteiger partial charge >= 0.3 is 0 Å². The summed E-state index contributed by atoms with van der Waals surface area (Å²) in [5.41, 5.74) is 3.07. The summed E-state index contributed by atoms with van der Waals surface area (Å²) in [5.74, 6) is 0.385. The first-order valence-corrected chi connectivity index (χ1v) is 14.1. The van der Waals surface area contributed by atoms with E-state index in [1.165, 1.54) is 11.1 Å². The molecular formula is C32H35ClN4O2. The van der Waals surface area contributed by atoms with Gasteiger partial charge in [-0.1, -0.05) is 72.3 Å². The topological polar surface area (TPSA) is 56.2 Å². The number of Topliss-reactive ketones (excluding diaryl/α,β-unsaturated/α-hetero) is 1. The van der Waals surface area contributed by atoms with E-state index in [-0.39, 0.29) is 5.91 Å². The molecule has 0 saturated carbocycles. The number of carbonyl (C=O) groups is 2. The predicted octanol–water partition coefficient (Wildman–Crippen LogP) is 5.60. The highest BCUT2D eigenvalue weighted by Gasteiger charge is 2.49. The standard InChI is InChI=1S/C20H20ClN3O.C12H15NO/c21-17-6-8-18(9-7-17)24-15-22-19(25)20(24)10-12-23(13-11-20)14-16-4-2-1-3-5-16;14-12-6-8-13(9-7-12)10-11-4-2-1-3-5-11/h1-9,15H,10-14H2;1-5H,6-10H2. The summed E-state index contributed by atoms with van der Waals surface area (Å²) in [6, 6.07) is 28.5. The van der Waals surface area contributed by atoms with E-state index in [1.54, 1.807) is 6.34 Å². The van der Waals surface area contributed by atoms with Gasteiger partial charge in [-0.2, -0.15) is 0 Å². The Morgan fingerprint density at radius 3 is 1.74 bits per heavy atom. The Labute approximate surface area is 235 Å². The maximum atomic E-state index is 12.6. The number of carbonyl (C=O) groups excluding carboxylic acids is 2. The van der Waals surface area contributed by atoms with Crippen LogP contribution in [0.2, 0.25) is 5.02 Å². The van der Waals surface area contributed by atoms with Crippen molar-refractivity contribution in [3.63, 3.8) is 0 Å². The fourth-order valence-electron chi connectivity index (χ4n) is 5.54. The number of rotatable bonds is 5. The van der Waals surface area contributed by atoms with Crippen LogP contribution >= 0.6 is 11.6 Å². The van der Waals surface area contributed by atoms with Gasteiger partial charge in [-0.25, -0.2) is 4.99 Å². The fourth-order valence-corrected chi connectivity index (χ4v) is 5.66. The summed E-state index contributed by atoms with van der Waals surface area (Å²) in [6.07, 6.45) is 4.70. The minimum atomic E-state index is -0.541. The molecule has 0 bridgehead atoms. The highest BCUT2D eigenvalue weighted by molar-refractivity contribution is 6.30. The van der Waals surface area contributed by atoms with Crippen LogP contribution in [0, 0.1) is 0 Å². The van der Waals surface area contributed by atoms with E-state index in [4.69, 9.17) is 11.6 Å². The summed E-state index contributed by atoms with van der Waals surface area (Å²) in [6.45, 7) is 5.52. The Morgan fingerprint density at radius 1 is 0.692 bits per heavy atom. The van der Waals surface area contributed by atoms with Crippen molar-refractivity contribution in [1.29, 1.82) is 0 Å². The molecule has 3 aromatic carbocycles. The monoisotopic (exact) mass is 542 g/mol. The number of hydrogen-bond acceptors (Lipinski definition) is 5. The molecule has 7 heteroatoms. The van der Waals surface area contributed by atoms with Crippen LogP contribution < -0.4 is 4.90 Å². The summed E-state index contributed by atoms with van der Waals surface area (Å²) in [5, 5.41) is 0.693. The molecule has 6 nitrogen and oxygen atoms in total. The lowest BCUT2D eigenvalue weighted by molar-refractivity contribution is -0.123. The van der Waals surface area contributed by atoms with Gasteiger partial charge in [0.05, 0.1) is 6.34 Å². The second-order valence-corrected chi connectivity index (χ2v) is 10.9. The number of hydrogen-bond donors (Lipinski definition) is 0. The number of halogens is 1. The maximum absolute atomic E-state index is 12.6. The molecule has 0 N–H and O–H groups in total. The lowest BCUT2D eigenvalue weighted by Crippen LogP contribution is -2.56. The number of piperidine rings is 2. The van der Waals surface area contributed by atoms with Crippen LogP contribution in [0.5, 0.6) is 0 Å². The van der Waals surface area contributed by atoms with E-state index in [0.29, 0.717) is 10.8 Å². The van der Waals surface area contributed by atoms with Crippen molar-refractivity contribution in [3.8, 4) is 0 Å². The molecule has 3 aliphatic heterocycles. The number of aliphatic imine (C=N–C) groups is 1. The summed E-state index contributed by atoms with van der Waals surface area (Å²) in [4.78, 5) is 34.5. The summed E-state index contributed by atoms with van der Waals surface area (Å²) >= 11 is 5.99. The van der Waals surface area contributed by atoms with Gasteiger partial charge in [0.2, 0.25) is 0 Å².